The van der Waals surface area contributed by atoms with E-state index in [2.05, 4.69) is 0 Å². The third-order valence-corrected chi connectivity index (χ3v) is 7.38. The second-order valence-electron chi connectivity index (χ2n) is 6.20. The lowest BCUT2D eigenvalue weighted by Gasteiger charge is -2.37. The molecule has 0 aromatic heterocycles. The van der Waals surface area contributed by atoms with Crippen molar-refractivity contribution >= 4 is 22.0 Å². The zero-order chi connectivity index (χ0) is 16.5. The zero-order valence-electron chi connectivity index (χ0n) is 12.9. The van der Waals surface area contributed by atoms with Crippen molar-refractivity contribution in [2.24, 2.45) is 5.92 Å². The SMILES string of the molecule is CCOC(=O)CC1(S(=O)(=O)N2CC(C(=O)O)CCC2C)CC1. The Morgan fingerprint density at radius 3 is 2.45 bits per heavy atom. The highest BCUT2D eigenvalue weighted by molar-refractivity contribution is 7.90. The molecule has 2 aliphatic rings. The fraction of sp³-hybridized carbons (Fsp3) is 0.857. The van der Waals surface area contributed by atoms with Gasteiger partial charge >= 0.3 is 11.9 Å². The summed E-state index contributed by atoms with van der Waals surface area (Å²) >= 11 is 0. The van der Waals surface area contributed by atoms with Crippen molar-refractivity contribution < 1.29 is 27.9 Å². The first-order valence-corrected chi connectivity index (χ1v) is 9.07. The predicted octanol–water partition coefficient (Wildman–Crippen LogP) is 0.987. The number of carboxylic acids is 1. The highest BCUT2D eigenvalue weighted by atomic mass is 32.2. The van der Waals surface area contributed by atoms with E-state index in [-0.39, 0.29) is 25.6 Å². The van der Waals surface area contributed by atoms with Crippen LogP contribution in [-0.4, -0.2) is 53.7 Å². The second-order valence-corrected chi connectivity index (χ2v) is 8.49. The Morgan fingerprint density at radius 1 is 1.32 bits per heavy atom. The number of carboxylic acid groups (broad SMARTS) is 1. The Bertz CT molecular complexity index is 554. The number of carbonyl (C=O) groups excluding carboxylic acids is 1. The minimum Gasteiger partial charge on any atom is -0.481 e. The third-order valence-electron chi connectivity index (χ3n) is 4.61. The molecule has 8 heteroatoms. The predicted molar refractivity (Wildman–Crippen MR) is 78.7 cm³/mol. The van der Waals surface area contributed by atoms with Crippen LogP contribution < -0.4 is 0 Å². The summed E-state index contributed by atoms with van der Waals surface area (Å²) in [6.45, 7) is 3.67. The van der Waals surface area contributed by atoms with E-state index in [1.807, 2.05) is 0 Å². The molecular formula is C14H23NO6S. The lowest BCUT2D eigenvalue weighted by Crippen LogP contribution is -2.51. The van der Waals surface area contributed by atoms with Crippen molar-refractivity contribution in [1.82, 2.24) is 4.31 Å². The van der Waals surface area contributed by atoms with Gasteiger partial charge in [-0.1, -0.05) is 0 Å². The van der Waals surface area contributed by atoms with E-state index in [4.69, 9.17) is 9.84 Å². The first-order valence-electron chi connectivity index (χ1n) is 7.63. The van der Waals surface area contributed by atoms with Crippen molar-refractivity contribution in [2.45, 2.75) is 56.7 Å². The average Bonchev–Trinajstić information content (AvgIpc) is 3.20. The number of ether oxygens (including phenoxy) is 1. The molecule has 2 atom stereocenters. The number of rotatable bonds is 6. The summed E-state index contributed by atoms with van der Waals surface area (Å²) in [5, 5.41) is 9.15. The van der Waals surface area contributed by atoms with Crippen molar-refractivity contribution in [3.8, 4) is 0 Å². The number of sulfonamides is 1. The van der Waals surface area contributed by atoms with Gasteiger partial charge in [0.1, 0.15) is 0 Å². The van der Waals surface area contributed by atoms with Gasteiger partial charge in [0.15, 0.2) is 0 Å². The van der Waals surface area contributed by atoms with Crippen LogP contribution in [0.1, 0.15) is 46.0 Å². The fourth-order valence-corrected chi connectivity index (χ4v) is 5.37. The van der Waals surface area contributed by atoms with Crippen LogP contribution in [0.4, 0.5) is 0 Å². The van der Waals surface area contributed by atoms with E-state index >= 15 is 0 Å². The Balaban J connectivity index is 2.18. The highest BCUT2D eigenvalue weighted by Gasteiger charge is 2.59. The summed E-state index contributed by atoms with van der Waals surface area (Å²) in [6.07, 6.45) is 1.70. The van der Waals surface area contributed by atoms with E-state index in [0.29, 0.717) is 25.7 Å². The van der Waals surface area contributed by atoms with Crippen LogP contribution in [-0.2, 0) is 24.3 Å². The molecule has 1 aliphatic heterocycles. The second kappa shape index (κ2) is 6.16. The molecule has 7 nitrogen and oxygen atoms in total. The minimum atomic E-state index is -3.71. The highest BCUT2D eigenvalue weighted by Crippen LogP contribution is 2.49. The minimum absolute atomic E-state index is 0.0105. The monoisotopic (exact) mass is 333 g/mol. The summed E-state index contributed by atoms with van der Waals surface area (Å²) in [5.74, 6) is -2.16. The number of hydrogen-bond donors (Lipinski definition) is 1. The molecular weight excluding hydrogens is 310 g/mol. The van der Waals surface area contributed by atoms with Gasteiger partial charge in [-0.3, -0.25) is 9.59 Å². The summed E-state index contributed by atoms with van der Waals surface area (Å²) in [5.41, 5.74) is 0. The Morgan fingerprint density at radius 2 is 1.95 bits per heavy atom. The summed E-state index contributed by atoms with van der Waals surface area (Å²) in [6, 6.07) is -0.236. The smallest absolute Gasteiger partial charge is 0.307 e. The lowest BCUT2D eigenvalue weighted by atomic mass is 9.96. The van der Waals surface area contributed by atoms with E-state index < -0.39 is 32.6 Å². The average molecular weight is 333 g/mol. The molecule has 1 saturated carbocycles. The summed E-state index contributed by atoms with van der Waals surface area (Å²) < 4.78 is 30.9. The number of piperidine rings is 1. The molecule has 2 rings (SSSR count). The van der Waals surface area contributed by atoms with Gasteiger partial charge in [0, 0.05) is 12.6 Å². The topological polar surface area (TPSA) is 101 Å². The normalized spacial score (nSPS) is 28.1. The molecule has 0 radical (unpaired) electrons. The van der Waals surface area contributed by atoms with Gasteiger partial charge in [0.05, 0.1) is 23.7 Å². The van der Waals surface area contributed by atoms with Gasteiger partial charge in [0.2, 0.25) is 10.0 Å². The Labute approximate surface area is 130 Å². The van der Waals surface area contributed by atoms with E-state index in [9.17, 15) is 18.0 Å². The molecule has 2 unspecified atom stereocenters. The van der Waals surface area contributed by atoms with E-state index in [0.717, 1.165) is 0 Å². The zero-order valence-corrected chi connectivity index (χ0v) is 13.8. The Kier molecular flexibility index (Phi) is 4.81. The summed E-state index contributed by atoms with van der Waals surface area (Å²) in [4.78, 5) is 22.8. The van der Waals surface area contributed by atoms with Gasteiger partial charge in [-0.15, -0.1) is 0 Å². The van der Waals surface area contributed by atoms with Crippen LogP contribution >= 0.6 is 0 Å². The third kappa shape index (κ3) is 3.12. The van der Waals surface area contributed by atoms with E-state index in [1.165, 1.54) is 4.31 Å². The van der Waals surface area contributed by atoms with Crippen LogP contribution in [0.3, 0.4) is 0 Å². The molecule has 126 valence electrons. The maximum absolute atomic E-state index is 12.9. The van der Waals surface area contributed by atoms with E-state index in [1.54, 1.807) is 13.8 Å². The molecule has 0 aromatic carbocycles. The van der Waals surface area contributed by atoms with Gasteiger partial charge in [-0.2, -0.15) is 4.31 Å². The molecule has 22 heavy (non-hydrogen) atoms. The van der Waals surface area contributed by atoms with Gasteiger partial charge in [-0.05, 0) is 39.5 Å². The molecule has 1 saturated heterocycles. The summed E-state index contributed by atoms with van der Waals surface area (Å²) in [7, 11) is -3.71. The van der Waals surface area contributed by atoms with Crippen LogP contribution in [0.5, 0.6) is 0 Å². The maximum Gasteiger partial charge on any atom is 0.307 e. The molecule has 0 bridgehead atoms. The first kappa shape index (κ1) is 17.2. The van der Waals surface area contributed by atoms with Crippen LogP contribution in [0.15, 0.2) is 0 Å². The standard InChI is InChI=1S/C14H23NO6S/c1-3-21-12(16)8-14(6-7-14)22(19,20)15-9-11(13(17)18)5-4-10(15)2/h10-11H,3-9H2,1-2H3,(H,17,18). The molecule has 1 N–H and O–H groups in total. The van der Waals surface area contributed by atoms with Crippen LogP contribution in [0, 0.1) is 5.92 Å². The van der Waals surface area contributed by atoms with Gasteiger partial charge in [-0.25, -0.2) is 8.42 Å². The van der Waals surface area contributed by atoms with Gasteiger partial charge < -0.3 is 9.84 Å². The largest absolute Gasteiger partial charge is 0.481 e. The Hall–Kier alpha value is -1.15. The molecule has 0 spiro atoms. The molecule has 1 heterocycles. The number of carbonyl (C=O) groups is 2. The molecule has 2 fully saturated rings. The number of hydrogen-bond acceptors (Lipinski definition) is 5. The first-order chi connectivity index (χ1) is 10.2. The quantitative estimate of drug-likeness (QED) is 0.727. The maximum atomic E-state index is 12.9. The van der Waals surface area contributed by atoms with Crippen molar-refractivity contribution in [3.63, 3.8) is 0 Å². The lowest BCUT2D eigenvalue weighted by molar-refractivity contribution is -0.144. The molecule has 1 aliphatic carbocycles. The number of nitrogens with zero attached hydrogens (tertiary/aromatic N) is 1. The van der Waals surface area contributed by atoms with Crippen molar-refractivity contribution in [3.05, 3.63) is 0 Å². The molecule has 0 amide bonds. The fourth-order valence-electron chi connectivity index (χ4n) is 3.00. The van der Waals surface area contributed by atoms with Crippen LogP contribution in [0.25, 0.3) is 0 Å². The van der Waals surface area contributed by atoms with Gasteiger partial charge in [0.25, 0.3) is 0 Å². The van der Waals surface area contributed by atoms with Crippen molar-refractivity contribution in [1.29, 1.82) is 0 Å². The van der Waals surface area contributed by atoms with Crippen LogP contribution in [0.2, 0.25) is 0 Å². The number of aliphatic carboxylic acids is 1. The number of esters is 1. The van der Waals surface area contributed by atoms with Crippen molar-refractivity contribution in [2.75, 3.05) is 13.2 Å². The molecule has 0 aromatic rings.